The molecule has 2 heterocycles. The number of nitro benzene ring substituents is 1. The molecule has 4 rings (SSSR count). The van der Waals surface area contributed by atoms with E-state index >= 15 is 0 Å². The zero-order valence-electron chi connectivity index (χ0n) is 16.2. The zero-order valence-corrected chi connectivity index (χ0v) is 16.2. The summed E-state index contributed by atoms with van der Waals surface area (Å²) >= 11 is 0. The van der Waals surface area contributed by atoms with E-state index in [0.29, 0.717) is 22.8 Å². The summed E-state index contributed by atoms with van der Waals surface area (Å²) < 4.78 is 5.31. The fourth-order valence-electron chi connectivity index (χ4n) is 3.17. The summed E-state index contributed by atoms with van der Waals surface area (Å²) in [5.41, 5.74) is 2.47. The van der Waals surface area contributed by atoms with E-state index < -0.39 is 4.92 Å². The van der Waals surface area contributed by atoms with Gasteiger partial charge < -0.3 is 9.84 Å². The lowest BCUT2D eigenvalue weighted by molar-refractivity contribution is -0.383. The quantitative estimate of drug-likeness (QED) is 0.332. The van der Waals surface area contributed by atoms with Crippen LogP contribution in [0.2, 0.25) is 0 Å². The van der Waals surface area contributed by atoms with Gasteiger partial charge in [-0.1, -0.05) is 48.5 Å². The van der Waals surface area contributed by atoms with E-state index in [9.17, 15) is 10.1 Å². The molecule has 0 saturated carbocycles. The number of pyridine rings is 1. The summed E-state index contributed by atoms with van der Waals surface area (Å²) in [5, 5.41) is 18.9. The molecule has 0 aliphatic rings. The number of aromatic nitrogens is 3. The maximum absolute atomic E-state index is 11.7. The van der Waals surface area contributed by atoms with Gasteiger partial charge in [0.25, 0.3) is 11.6 Å². The van der Waals surface area contributed by atoms with Crippen LogP contribution in [-0.2, 0) is 0 Å². The first-order valence-corrected chi connectivity index (χ1v) is 9.51. The van der Waals surface area contributed by atoms with Crippen molar-refractivity contribution in [3.8, 4) is 23.0 Å². The number of benzene rings is 2. The Balaban J connectivity index is 1.64. The summed E-state index contributed by atoms with van der Waals surface area (Å²) in [5.74, 6) is 0.519. The summed E-state index contributed by atoms with van der Waals surface area (Å²) in [6.45, 7) is 2.03. The Labute approximate surface area is 172 Å². The molecule has 0 aliphatic heterocycles. The standard InChI is InChI=1S/C22H19N5O3/c1-2-17(15-8-4-3-5-9-15)24-18-12-11-16(14-20(18)27(28)29)22-25-21(26-30-22)19-10-6-7-13-23-19/h3-14,17,24H,2H2,1H3. The molecule has 1 unspecified atom stereocenters. The molecule has 1 atom stereocenters. The molecule has 1 N–H and O–H groups in total. The monoisotopic (exact) mass is 401 g/mol. The van der Waals surface area contributed by atoms with Crippen LogP contribution < -0.4 is 5.32 Å². The third-order valence-corrected chi connectivity index (χ3v) is 4.70. The lowest BCUT2D eigenvalue weighted by atomic mass is 10.0. The van der Waals surface area contributed by atoms with Crippen molar-refractivity contribution in [2.45, 2.75) is 19.4 Å². The van der Waals surface area contributed by atoms with Gasteiger partial charge in [-0.2, -0.15) is 4.98 Å². The zero-order chi connectivity index (χ0) is 20.9. The maximum Gasteiger partial charge on any atom is 0.293 e. The summed E-state index contributed by atoms with van der Waals surface area (Å²) in [4.78, 5) is 19.8. The highest BCUT2D eigenvalue weighted by molar-refractivity contribution is 5.70. The Morgan fingerprint density at radius 2 is 1.90 bits per heavy atom. The van der Waals surface area contributed by atoms with Crippen LogP contribution in [0.15, 0.2) is 77.4 Å². The highest BCUT2D eigenvalue weighted by Gasteiger charge is 2.21. The van der Waals surface area contributed by atoms with Crippen molar-refractivity contribution in [3.63, 3.8) is 0 Å². The predicted octanol–water partition coefficient (Wildman–Crippen LogP) is 5.27. The molecule has 0 bridgehead atoms. The van der Waals surface area contributed by atoms with E-state index in [1.54, 1.807) is 30.5 Å². The lowest BCUT2D eigenvalue weighted by Gasteiger charge is -2.18. The molecule has 30 heavy (non-hydrogen) atoms. The van der Waals surface area contributed by atoms with Crippen LogP contribution in [0.5, 0.6) is 0 Å². The third-order valence-electron chi connectivity index (χ3n) is 4.70. The van der Waals surface area contributed by atoms with E-state index in [1.807, 2.05) is 43.3 Å². The van der Waals surface area contributed by atoms with E-state index in [1.165, 1.54) is 6.07 Å². The topological polar surface area (TPSA) is 107 Å². The number of nitrogens with zero attached hydrogens (tertiary/aromatic N) is 4. The Morgan fingerprint density at radius 1 is 1.10 bits per heavy atom. The van der Waals surface area contributed by atoms with Gasteiger partial charge in [-0.3, -0.25) is 15.1 Å². The van der Waals surface area contributed by atoms with Gasteiger partial charge >= 0.3 is 0 Å². The van der Waals surface area contributed by atoms with Crippen molar-refractivity contribution < 1.29 is 9.45 Å². The number of rotatable bonds is 7. The molecule has 4 aromatic rings. The lowest BCUT2D eigenvalue weighted by Crippen LogP contribution is -2.11. The van der Waals surface area contributed by atoms with Crippen LogP contribution in [0, 0.1) is 10.1 Å². The Kier molecular flexibility index (Phi) is 5.47. The highest BCUT2D eigenvalue weighted by Crippen LogP contribution is 2.33. The Hall–Kier alpha value is -4.07. The molecule has 0 aliphatic carbocycles. The summed E-state index contributed by atoms with van der Waals surface area (Å²) in [6, 6.07) is 20.0. The molecule has 0 saturated heterocycles. The second-order valence-electron chi connectivity index (χ2n) is 6.64. The Bertz CT molecular complexity index is 1150. The first-order chi connectivity index (χ1) is 14.7. The molecule has 8 heteroatoms. The third kappa shape index (κ3) is 4.02. The molecular formula is C22H19N5O3. The van der Waals surface area contributed by atoms with Gasteiger partial charge in [-0.15, -0.1) is 0 Å². The number of hydrogen-bond donors (Lipinski definition) is 1. The van der Waals surface area contributed by atoms with E-state index in [0.717, 1.165) is 12.0 Å². The van der Waals surface area contributed by atoms with E-state index in [4.69, 9.17) is 4.52 Å². The number of nitro groups is 1. The average molecular weight is 401 g/mol. The van der Waals surface area contributed by atoms with Crippen molar-refractivity contribution in [1.82, 2.24) is 15.1 Å². The van der Waals surface area contributed by atoms with Gasteiger partial charge in [0.1, 0.15) is 11.4 Å². The van der Waals surface area contributed by atoms with Crippen LogP contribution in [0.4, 0.5) is 11.4 Å². The van der Waals surface area contributed by atoms with Gasteiger partial charge in [0.2, 0.25) is 5.82 Å². The maximum atomic E-state index is 11.7. The van der Waals surface area contributed by atoms with E-state index in [2.05, 4.69) is 20.4 Å². The first-order valence-electron chi connectivity index (χ1n) is 9.51. The van der Waals surface area contributed by atoms with Crippen molar-refractivity contribution >= 4 is 11.4 Å². The molecule has 0 spiro atoms. The second-order valence-corrected chi connectivity index (χ2v) is 6.64. The SMILES string of the molecule is CCC(Nc1ccc(-c2nc(-c3ccccn3)no2)cc1[N+](=O)[O-])c1ccccc1. The normalized spacial score (nSPS) is 11.8. The van der Waals surface area contributed by atoms with E-state index in [-0.39, 0.29) is 17.6 Å². The highest BCUT2D eigenvalue weighted by atomic mass is 16.6. The van der Waals surface area contributed by atoms with Gasteiger partial charge in [0, 0.05) is 17.8 Å². The minimum absolute atomic E-state index is 0.0464. The largest absolute Gasteiger partial charge is 0.373 e. The minimum atomic E-state index is -0.417. The first kappa shape index (κ1) is 19.3. The van der Waals surface area contributed by atoms with Crippen LogP contribution in [-0.4, -0.2) is 20.0 Å². The minimum Gasteiger partial charge on any atom is -0.373 e. The molecule has 0 radical (unpaired) electrons. The molecule has 8 nitrogen and oxygen atoms in total. The molecule has 0 fully saturated rings. The fraction of sp³-hybridized carbons (Fsp3) is 0.136. The van der Waals surface area contributed by atoms with Crippen LogP contribution in [0.3, 0.4) is 0 Å². The van der Waals surface area contributed by atoms with Crippen molar-refractivity contribution in [1.29, 1.82) is 0 Å². The van der Waals surface area contributed by atoms with Gasteiger partial charge in [-0.05, 0) is 36.2 Å². The second kappa shape index (κ2) is 8.52. The number of nitrogens with one attached hydrogen (secondary N) is 1. The summed E-state index contributed by atoms with van der Waals surface area (Å²) in [6.07, 6.45) is 2.41. The average Bonchev–Trinajstić information content (AvgIpc) is 3.29. The van der Waals surface area contributed by atoms with Crippen molar-refractivity contribution in [3.05, 3.63) is 88.6 Å². The Morgan fingerprint density at radius 3 is 2.60 bits per heavy atom. The smallest absolute Gasteiger partial charge is 0.293 e. The number of anilines is 1. The molecule has 2 aromatic carbocycles. The number of hydrogen-bond acceptors (Lipinski definition) is 7. The summed E-state index contributed by atoms with van der Waals surface area (Å²) in [7, 11) is 0. The molecule has 0 amide bonds. The predicted molar refractivity (Wildman–Crippen MR) is 113 cm³/mol. The van der Waals surface area contributed by atoms with Crippen LogP contribution in [0.1, 0.15) is 24.9 Å². The van der Waals surface area contributed by atoms with Crippen molar-refractivity contribution in [2.75, 3.05) is 5.32 Å². The molecular weight excluding hydrogens is 382 g/mol. The van der Waals surface area contributed by atoms with Crippen LogP contribution in [0.25, 0.3) is 23.0 Å². The van der Waals surface area contributed by atoms with Gasteiger partial charge in [-0.25, -0.2) is 0 Å². The molecule has 150 valence electrons. The van der Waals surface area contributed by atoms with Crippen LogP contribution >= 0.6 is 0 Å². The van der Waals surface area contributed by atoms with Gasteiger partial charge in [0.05, 0.1) is 11.0 Å². The van der Waals surface area contributed by atoms with Gasteiger partial charge in [0.15, 0.2) is 0 Å². The fourth-order valence-corrected chi connectivity index (χ4v) is 3.17. The molecule has 2 aromatic heterocycles. The van der Waals surface area contributed by atoms with Crippen molar-refractivity contribution in [2.24, 2.45) is 0 Å².